The molecule has 1 unspecified atom stereocenters. The van der Waals surface area contributed by atoms with Crippen molar-refractivity contribution in [3.05, 3.63) is 59.4 Å². The lowest BCUT2D eigenvalue weighted by atomic mass is 10.1. The van der Waals surface area contributed by atoms with E-state index in [2.05, 4.69) is 0 Å². The number of carbonyl (C=O) groups is 1. The van der Waals surface area contributed by atoms with Crippen LogP contribution in [0.1, 0.15) is 15.9 Å². The summed E-state index contributed by atoms with van der Waals surface area (Å²) in [6.07, 6.45) is 0.478. The summed E-state index contributed by atoms with van der Waals surface area (Å²) in [7, 11) is 0. The van der Waals surface area contributed by atoms with Crippen LogP contribution in [0.25, 0.3) is 0 Å². The summed E-state index contributed by atoms with van der Waals surface area (Å²) in [5.41, 5.74) is 6.88. The molecule has 1 heterocycles. The largest absolute Gasteiger partial charge is 0.486 e. The maximum absolute atomic E-state index is 13.2. The zero-order valence-electron chi connectivity index (χ0n) is 11.2. The fourth-order valence-corrected chi connectivity index (χ4v) is 2.33. The van der Waals surface area contributed by atoms with Crippen molar-refractivity contribution in [3.63, 3.8) is 0 Å². The molecule has 21 heavy (non-hydrogen) atoms. The van der Waals surface area contributed by atoms with E-state index in [1.165, 1.54) is 6.07 Å². The molecular formula is C16H14FNO3. The van der Waals surface area contributed by atoms with Crippen LogP contribution in [-0.4, -0.2) is 18.7 Å². The highest BCUT2D eigenvalue weighted by Gasteiger charge is 2.24. The van der Waals surface area contributed by atoms with Crippen molar-refractivity contribution in [2.75, 3.05) is 12.3 Å². The molecule has 0 spiro atoms. The standard InChI is InChI=1S/C16H14FNO3/c17-12-5-11(6-13(18)8-12)16(19)20-9-14-7-10-3-1-2-4-15(10)21-14/h1-6,8,14H,7,9,18H2. The van der Waals surface area contributed by atoms with Crippen molar-refractivity contribution < 1.29 is 18.7 Å². The van der Waals surface area contributed by atoms with Crippen LogP contribution < -0.4 is 10.5 Å². The van der Waals surface area contributed by atoms with Crippen LogP contribution >= 0.6 is 0 Å². The van der Waals surface area contributed by atoms with Crippen molar-refractivity contribution in [3.8, 4) is 5.75 Å². The third-order valence-corrected chi connectivity index (χ3v) is 3.27. The number of nitrogen functional groups attached to an aromatic ring is 1. The maximum atomic E-state index is 13.2. The van der Waals surface area contributed by atoms with Gasteiger partial charge in [-0.15, -0.1) is 0 Å². The van der Waals surface area contributed by atoms with Crippen LogP contribution in [0.15, 0.2) is 42.5 Å². The van der Waals surface area contributed by atoms with Crippen LogP contribution in [0.4, 0.5) is 10.1 Å². The third-order valence-electron chi connectivity index (χ3n) is 3.27. The summed E-state index contributed by atoms with van der Waals surface area (Å²) in [5, 5.41) is 0. The number of nitrogens with two attached hydrogens (primary N) is 1. The predicted molar refractivity (Wildman–Crippen MR) is 75.7 cm³/mol. The van der Waals surface area contributed by atoms with Gasteiger partial charge in [0, 0.05) is 12.1 Å². The molecule has 0 amide bonds. The molecule has 1 aliphatic heterocycles. The van der Waals surface area contributed by atoms with Gasteiger partial charge < -0.3 is 15.2 Å². The van der Waals surface area contributed by atoms with Gasteiger partial charge in [0.05, 0.1) is 5.56 Å². The topological polar surface area (TPSA) is 61.6 Å². The van der Waals surface area contributed by atoms with Crippen LogP contribution in [0.3, 0.4) is 0 Å². The molecule has 1 atom stereocenters. The lowest BCUT2D eigenvalue weighted by molar-refractivity contribution is 0.0346. The van der Waals surface area contributed by atoms with Gasteiger partial charge in [0.15, 0.2) is 0 Å². The number of esters is 1. The Balaban J connectivity index is 1.60. The minimum absolute atomic E-state index is 0.100. The first-order valence-corrected chi connectivity index (χ1v) is 6.59. The van der Waals surface area contributed by atoms with E-state index in [1.807, 2.05) is 24.3 Å². The smallest absolute Gasteiger partial charge is 0.338 e. The SMILES string of the molecule is Nc1cc(F)cc(C(=O)OCC2Cc3ccccc3O2)c1. The number of anilines is 1. The Kier molecular flexibility index (Phi) is 3.48. The predicted octanol–water partition coefficient (Wildman–Crippen LogP) is 2.57. The zero-order valence-corrected chi connectivity index (χ0v) is 11.2. The number of para-hydroxylation sites is 1. The maximum Gasteiger partial charge on any atom is 0.338 e. The number of ether oxygens (including phenoxy) is 2. The van der Waals surface area contributed by atoms with E-state index < -0.39 is 11.8 Å². The Morgan fingerprint density at radius 3 is 2.90 bits per heavy atom. The first-order chi connectivity index (χ1) is 10.1. The number of fused-ring (bicyclic) bond motifs is 1. The van der Waals surface area contributed by atoms with E-state index >= 15 is 0 Å². The molecule has 2 aromatic rings. The van der Waals surface area contributed by atoms with Crippen molar-refractivity contribution in [1.29, 1.82) is 0 Å². The average molecular weight is 287 g/mol. The second-order valence-electron chi connectivity index (χ2n) is 4.92. The quantitative estimate of drug-likeness (QED) is 0.696. The molecule has 0 radical (unpaired) electrons. The van der Waals surface area contributed by atoms with E-state index in [9.17, 15) is 9.18 Å². The van der Waals surface area contributed by atoms with Gasteiger partial charge in [0.25, 0.3) is 0 Å². The number of hydrogen-bond donors (Lipinski definition) is 1. The highest BCUT2D eigenvalue weighted by Crippen LogP contribution is 2.28. The molecule has 0 aromatic heterocycles. The molecule has 5 heteroatoms. The van der Waals surface area contributed by atoms with Gasteiger partial charge in [0.2, 0.25) is 0 Å². The summed E-state index contributed by atoms with van der Waals surface area (Å²) in [5.74, 6) is -0.360. The van der Waals surface area contributed by atoms with Gasteiger partial charge in [-0.05, 0) is 29.8 Å². The van der Waals surface area contributed by atoms with Crippen LogP contribution in [0.5, 0.6) is 5.75 Å². The van der Waals surface area contributed by atoms with Gasteiger partial charge in [-0.25, -0.2) is 9.18 Å². The molecule has 2 aromatic carbocycles. The fourth-order valence-electron chi connectivity index (χ4n) is 2.33. The lowest BCUT2D eigenvalue weighted by Gasteiger charge is -2.11. The molecule has 0 aliphatic carbocycles. The molecule has 4 nitrogen and oxygen atoms in total. The van der Waals surface area contributed by atoms with Gasteiger partial charge in [-0.3, -0.25) is 0 Å². The Labute approximate surface area is 121 Å². The Hall–Kier alpha value is -2.56. The van der Waals surface area contributed by atoms with E-state index in [4.69, 9.17) is 15.2 Å². The van der Waals surface area contributed by atoms with E-state index in [-0.39, 0.29) is 24.0 Å². The zero-order chi connectivity index (χ0) is 14.8. The van der Waals surface area contributed by atoms with Crippen LogP contribution in [0, 0.1) is 5.82 Å². The Morgan fingerprint density at radius 1 is 1.33 bits per heavy atom. The summed E-state index contributed by atoms with van der Waals surface area (Å²) in [6, 6.07) is 11.3. The number of halogens is 1. The molecule has 108 valence electrons. The van der Waals surface area contributed by atoms with E-state index in [1.54, 1.807) is 0 Å². The molecular weight excluding hydrogens is 273 g/mol. The Morgan fingerprint density at radius 2 is 2.14 bits per heavy atom. The summed E-state index contributed by atoms with van der Waals surface area (Å²) in [4.78, 5) is 11.9. The third kappa shape index (κ3) is 2.97. The van der Waals surface area contributed by atoms with Crippen molar-refractivity contribution in [2.45, 2.75) is 12.5 Å². The summed E-state index contributed by atoms with van der Waals surface area (Å²) < 4.78 is 24.0. The highest BCUT2D eigenvalue weighted by molar-refractivity contribution is 5.90. The van der Waals surface area contributed by atoms with Crippen LogP contribution in [0.2, 0.25) is 0 Å². The molecule has 0 saturated carbocycles. The van der Waals surface area contributed by atoms with Crippen molar-refractivity contribution in [2.24, 2.45) is 0 Å². The minimum Gasteiger partial charge on any atom is -0.486 e. The van der Waals surface area contributed by atoms with Gasteiger partial charge in [-0.1, -0.05) is 18.2 Å². The minimum atomic E-state index is -0.610. The van der Waals surface area contributed by atoms with Crippen molar-refractivity contribution in [1.82, 2.24) is 0 Å². The normalized spacial score (nSPS) is 16.1. The molecule has 0 bridgehead atoms. The molecule has 1 aliphatic rings. The lowest BCUT2D eigenvalue weighted by Crippen LogP contribution is -2.23. The number of benzene rings is 2. The van der Waals surface area contributed by atoms with E-state index in [0.717, 1.165) is 23.4 Å². The van der Waals surface area contributed by atoms with E-state index in [0.29, 0.717) is 6.42 Å². The fraction of sp³-hybridized carbons (Fsp3) is 0.188. The second-order valence-corrected chi connectivity index (χ2v) is 4.92. The van der Waals surface area contributed by atoms with Crippen molar-refractivity contribution >= 4 is 11.7 Å². The monoisotopic (exact) mass is 287 g/mol. The molecule has 3 rings (SSSR count). The first-order valence-electron chi connectivity index (χ1n) is 6.59. The average Bonchev–Trinajstić information content (AvgIpc) is 2.86. The second kappa shape index (κ2) is 5.44. The highest BCUT2D eigenvalue weighted by atomic mass is 19.1. The summed E-state index contributed by atoms with van der Waals surface area (Å²) >= 11 is 0. The molecule has 2 N–H and O–H groups in total. The van der Waals surface area contributed by atoms with Gasteiger partial charge >= 0.3 is 5.97 Å². The number of rotatable bonds is 3. The van der Waals surface area contributed by atoms with Crippen LogP contribution in [-0.2, 0) is 11.2 Å². The molecule has 0 saturated heterocycles. The number of carbonyl (C=O) groups excluding carboxylic acids is 1. The summed E-state index contributed by atoms with van der Waals surface area (Å²) in [6.45, 7) is 0.115. The number of hydrogen-bond acceptors (Lipinski definition) is 4. The Bertz CT molecular complexity index is 642. The molecule has 0 fully saturated rings. The van der Waals surface area contributed by atoms with Gasteiger partial charge in [-0.2, -0.15) is 0 Å². The van der Waals surface area contributed by atoms with Gasteiger partial charge in [0.1, 0.15) is 24.3 Å². The first kappa shape index (κ1) is 13.4.